The minimum Gasteiger partial charge on any atom is -0.494 e. The predicted molar refractivity (Wildman–Crippen MR) is 70.9 cm³/mol. The number of carboxylic acids is 1. The summed E-state index contributed by atoms with van der Waals surface area (Å²) in [5.74, 6) is -0.626. The van der Waals surface area contributed by atoms with Crippen molar-refractivity contribution >= 4 is 11.9 Å². The molecule has 1 aromatic carbocycles. The minimum atomic E-state index is -1.02. The van der Waals surface area contributed by atoms with E-state index in [0.29, 0.717) is 12.4 Å². The smallest absolute Gasteiger partial charge is 0.326 e. The normalized spacial score (nSPS) is 11.7. The van der Waals surface area contributed by atoms with Crippen LogP contribution in [0.1, 0.15) is 26.3 Å². The van der Waals surface area contributed by atoms with Crippen LogP contribution in [0.25, 0.3) is 0 Å². The van der Waals surface area contributed by atoms with Gasteiger partial charge in [-0.2, -0.15) is 0 Å². The molecule has 0 heterocycles. The van der Waals surface area contributed by atoms with Crippen molar-refractivity contribution in [3.8, 4) is 5.75 Å². The highest BCUT2D eigenvalue weighted by Crippen LogP contribution is 2.21. The van der Waals surface area contributed by atoms with Gasteiger partial charge in [0.25, 0.3) is 0 Å². The van der Waals surface area contributed by atoms with Crippen LogP contribution in [0.5, 0.6) is 5.75 Å². The first-order chi connectivity index (χ1) is 8.97. The molecular weight excluding hydrogens is 246 g/mol. The first-order valence-electron chi connectivity index (χ1n) is 6.18. The molecule has 1 amide bonds. The molecule has 1 atom stereocenters. The number of aliphatic carboxylic acids is 1. The molecule has 0 bridgehead atoms. The van der Waals surface area contributed by atoms with Gasteiger partial charge in [0.1, 0.15) is 11.8 Å². The standard InChI is InChI=1S/C14H19NO4/c1-4-19-13-8-6-5-7-12(13)9-15(11(3)16)10(2)14(17)18/h5-8,10H,4,9H2,1-3H3,(H,17,18). The lowest BCUT2D eigenvalue weighted by Crippen LogP contribution is -2.41. The summed E-state index contributed by atoms with van der Waals surface area (Å²) in [5.41, 5.74) is 0.799. The Bertz CT molecular complexity index is 459. The zero-order chi connectivity index (χ0) is 14.4. The van der Waals surface area contributed by atoms with Gasteiger partial charge < -0.3 is 14.7 Å². The van der Waals surface area contributed by atoms with Crippen molar-refractivity contribution in [2.75, 3.05) is 6.61 Å². The molecule has 0 spiro atoms. The fourth-order valence-corrected chi connectivity index (χ4v) is 1.77. The van der Waals surface area contributed by atoms with Crippen LogP contribution >= 0.6 is 0 Å². The van der Waals surface area contributed by atoms with E-state index in [1.165, 1.54) is 18.7 Å². The van der Waals surface area contributed by atoms with Crippen LogP contribution in [0, 0.1) is 0 Å². The van der Waals surface area contributed by atoms with Crippen molar-refractivity contribution in [1.82, 2.24) is 4.90 Å². The zero-order valence-electron chi connectivity index (χ0n) is 11.4. The summed E-state index contributed by atoms with van der Waals surface area (Å²) in [7, 11) is 0. The molecule has 0 aliphatic heterocycles. The lowest BCUT2D eigenvalue weighted by atomic mass is 10.1. The van der Waals surface area contributed by atoms with E-state index in [-0.39, 0.29) is 12.5 Å². The summed E-state index contributed by atoms with van der Waals surface area (Å²) < 4.78 is 5.47. The van der Waals surface area contributed by atoms with Crippen molar-refractivity contribution in [3.63, 3.8) is 0 Å². The molecule has 19 heavy (non-hydrogen) atoms. The van der Waals surface area contributed by atoms with E-state index in [4.69, 9.17) is 9.84 Å². The Labute approximate surface area is 112 Å². The van der Waals surface area contributed by atoms with Gasteiger partial charge in [-0.05, 0) is 19.9 Å². The van der Waals surface area contributed by atoms with Crippen molar-refractivity contribution in [3.05, 3.63) is 29.8 Å². The molecule has 0 radical (unpaired) electrons. The summed E-state index contributed by atoms with van der Waals surface area (Å²) in [6.45, 7) is 5.47. The van der Waals surface area contributed by atoms with Gasteiger partial charge in [0.05, 0.1) is 13.2 Å². The number of hydrogen-bond donors (Lipinski definition) is 1. The van der Waals surface area contributed by atoms with Crippen LogP contribution < -0.4 is 4.74 Å². The molecule has 0 aromatic heterocycles. The minimum absolute atomic E-state index is 0.221. The highest BCUT2D eigenvalue weighted by molar-refractivity contribution is 5.81. The maximum Gasteiger partial charge on any atom is 0.326 e. The van der Waals surface area contributed by atoms with Gasteiger partial charge in [-0.25, -0.2) is 4.79 Å². The van der Waals surface area contributed by atoms with Crippen LogP contribution in [0.15, 0.2) is 24.3 Å². The second-order valence-corrected chi connectivity index (χ2v) is 4.20. The van der Waals surface area contributed by atoms with E-state index >= 15 is 0 Å². The van der Waals surface area contributed by atoms with E-state index in [0.717, 1.165) is 5.56 Å². The molecule has 0 saturated carbocycles. The molecule has 0 fully saturated rings. The second-order valence-electron chi connectivity index (χ2n) is 4.20. The number of rotatable bonds is 6. The van der Waals surface area contributed by atoms with Gasteiger partial charge in [0.15, 0.2) is 0 Å². The zero-order valence-corrected chi connectivity index (χ0v) is 11.4. The van der Waals surface area contributed by atoms with E-state index in [1.807, 2.05) is 31.2 Å². The van der Waals surface area contributed by atoms with E-state index in [1.54, 1.807) is 0 Å². The average Bonchev–Trinajstić information content (AvgIpc) is 2.36. The van der Waals surface area contributed by atoms with Crippen LogP contribution in [0.2, 0.25) is 0 Å². The van der Waals surface area contributed by atoms with Gasteiger partial charge in [-0.3, -0.25) is 4.79 Å². The van der Waals surface area contributed by atoms with Crippen molar-refractivity contribution < 1.29 is 19.4 Å². The molecular formula is C14H19NO4. The number of nitrogens with zero attached hydrogens (tertiary/aromatic N) is 1. The maximum absolute atomic E-state index is 11.6. The Morgan fingerprint density at radius 1 is 1.37 bits per heavy atom. The average molecular weight is 265 g/mol. The Morgan fingerprint density at radius 2 is 2.00 bits per heavy atom. The lowest BCUT2D eigenvalue weighted by Gasteiger charge is -2.26. The summed E-state index contributed by atoms with van der Waals surface area (Å²) in [5, 5.41) is 9.03. The summed E-state index contributed by atoms with van der Waals surface area (Å²) in [6, 6.07) is 6.44. The first-order valence-corrected chi connectivity index (χ1v) is 6.18. The Balaban J connectivity index is 2.97. The van der Waals surface area contributed by atoms with Gasteiger partial charge in [-0.1, -0.05) is 18.2 Å². The molecule has 0 aliphatic carbocycles. The highest BCUT2D eigenvalue weighted by atomic mass is 16.5. The fraction of sp³-hybridized carbons (Fsp3) is 0.429. The van der Waals surface area contributed by atoms with Crippen LogP contribution in [0.3, 0.4) is 0 Å². The van der Waals surface area contributed by atoms with Gasteiger partial charge in [-0.15, -0.1) is 0 Å². The number of ether oxygens (including phenoxy) is 1. The summed E-state index contributed by atoms with van der Waals surface area (Å²) in [6.07, 6.45) is 0. The molecule has 0 aliphatic rings. The SMILES string of the molecule is CCOc1ccccc1CN(C(C)=O)C(C)C(=O)O. The third kappa shape index (κ3) is 3.98. The number of hydrogen-bond acceptors (Lipinski definition) is 3. The highest BCUT2D eigenvalue weighted by Gasteiger charge is 2.23. The number of benzene rings is 1. The van der Waals surface area contributed by atoms with E-state index in [2.05, 4.69) is 0 Å². The lowest BCUT2D eigenvalue weighted by molar-refractivity contribution is -0.149. The maximum atomic E-state index is 11.6. The number of carboxylic acid groups (broad SMARTS) is 1. The number of para-hydroxylation sites is 1. The third-order valence-corrected chi connectivity index (χ3v) is 2.84. The number of amides is 1. The van der Waals surface area contributed by atoms with E-state index < -0.39 is 12.0 Å². The van der Waals surface area contributed by atoms with Crippen LogP contribution in [-0.4, -0.2) is 34.5 Å². The number of carbonyl (C=O) groups is 2. The van der Waals surface area contributed by atoms with Crippen LogP contribution in [-0.2, 0) is 16.1 Å². The number of carbonyl (C=O) groups excluding carboxylic acids is 1. The molecule has 1 aromatic rings. The summed E-state index contributed by atoms with van der Waals surface area (Å²) in [4.78, 5) is 23.9. The molecule has 104 valence electrons. The molecule has 1 N–H and O–H groups in total. The first kappa shape index (κ1) is 15.0. The second kappa shape index (κ2) is 6.78. The third-order valence-electron chi connectivity index (χ3n) is 2.84. The molecule has 0 saturated heterocycles. The quantitative estimate of drug-likeness (QED) is 0.853. The van der Waals surface area contributed by atoms with Crippen molar-refractivity contribution in [1.29, 1.82) is 0 Å². The Morgan fingerprint density at radius 3 is 2.53 bits per heavy atom. The largest absolute Gasteiger partial charge is 0.494 e. The summed E-state index contributed by atoms with van der Waals surface area (Å²) >= 11 is 0. The van der Waals surface area contributed by atoms with Crippen LogP contribution in [0.4, 0.5) is 0 Å². The molecule has 1 unspecified atom stereocenters. The Hall–Kier alpha value is -2.04. The molecule has 5 heteroatoms. The predicted octanol–water partition coefficient (Wildman–Crippen LogP) is 1.91. The van der Waals surface area contributed by atoms with Crippen molar-refractivity contribution in [2.24, 2.45) is 0 Å². The monoisotopic (exact) mass is 265 g/mol. The van der Waals surface area contributed by atoms with E-state index in [9.17, 15) is 9.59 Å². The van der Waals surface area contributed by atoms with Gasteiger partial charge >= 0.3 is 5.97 Å². The molecule has 5 nitrogen and oxygen atoms in total. The Kier molecular flexibility index (Phi) is 5.36. The fourth-order valence-electron chi connectivity index (χ4n) is 1.77. The van der Waals surface area contributed by atoms with Gasteiger partial charge in [0, 0.05) is 12.5 Å². The van der Waals surface area contributed by atoms with Gasteiger partial charge in [0.2, 0.25) is 5.91 Å². The molecule has 1 rings (SSSR count). The topological polar surface area (TPSA) is 66.8 Å². The van der Waals surface area contributed by atoms with Crippen molar-refractivity contribution in [2.45, 2.75) is 33.4 Å².